The molecule has 9 rings (SSSR count). The summed E-state index contributed by atoms with van der Waals surface area (Å²) in [7, 11) is 0. The summed E-state index contributed by atoms with van der Waals surface area (Å²) in [6.45, 7) is 0. The van der Waals surface area contributed by atoms with E-state index in [2.05, 4.69) is 84.9 Å². The molecule has 5 aliphatic rings. The van der Waals surface area contributed by atoms with Crippen molar-refractivity contribution < 1.29 is 41.4 Å². The second-order valence-electron chi connectivity index (χ2n) is 14.1. The van der Waals surface area contributed by atoms with E-state index in [1.54, 1.807) is 31.7 Å². The van der Waals surface area contributed by atoms with Gasteiger partial charge >= 0.3 is 250 Å². The van der Waals surface area contributed by atoms with Crippen molar-refractivity contribution in [1.82, 2.24) is 0 Å². The maximum atomic E-state index is 2.77. The Morgan fingerprint density at radius 3 is 1.30 bits per heavy atom. The first kappa shape index (κ1) is 29.9. The van der Waals surface area contributed by atoms with Crippen molar-refractivity contribution in [2.75, 3.05) is 0 Å². The Morgan fingerprint density at radius 1 is 0.465 bits per heavy atom. The van der Waals surface area contributed by atoms with E-state index in [9.17, 15) is 0 Å². The van der Waals surface area contributed by atoms with Crippen molar-refractivity contribution in [3.05, 3.63) is 106 Å². The van der Waals surface area contributed by atoms with Crippen LogP contribution in [0.5, 0.6) is 0 Å². The molecule has 1 saturated heterocycles. The summed E-state index contributed by atoms with van der Waals surface area (Å²) in [5, 5.41) is 5.84. The van der Waals surface area contributed by atoms with Gasteiger partial charge in [-0.15, -0.1) is 0 Å². The topological polar surface area (TPSA) is 0 Å². The van der Waals surface area contributed by atoms with Crippen LogP contribution in [-0.4, -0.2) is 0 Å². The van der Waals surface area contributed by atoms with Crippen LogP contribution in [0.25, 0.3) is 33.7 Å². The molecule has 0 amide bonds. The Kier molecular flexibility index (Phi) is 8.22. The summed E-state index contributed by atoms with van der Waals surface area (Å²) in [6, 6.07) is 28.5. The van der Waals surface area contributed by atoms with E-state index in [-0.39, 0.29) is 24.8 Å². The van der Waals surface area contributed by atoms with E-state index in [0.717, 1.165) is 20.3 Å². The van der Waals surface area contributed by atoms with Gasteiger partial charge in [0.25, 0.3) is 0 Å². The third kappa shape index (κ3) is 4.74. The fourth-order valence-electron chi connectivity index (χ4n) is 10.1. The molecule has 0 nitrogen and oxygen atoms in total. The van der Waals surface area contributed by atoms with Crippen molar-refractivity contribution in [3.8, 4) is 0 Å². The van der Waals surface area contributed by atoms with Gasteiger partial charge in [-0.25, -0.2) is 0 Å². The minimum absolute atomic E-state index is 0. The van der Waals surface area contributed by atoms with Crippen LogP contribution >= 0.6 is 0 Å². The first-order valence-electron chi connectivity index (χ1n) is 16.8. The predicted octanol–water partition coefficient (Wildman–Crippen LogP) is 5.74. The third-order valence-corrected chi connectivity index (χ3v) is 20.2. The molecule has 1 aliphatic heterocycles. The Balaban J connectivity index is 0.00000150. The van der Waals surface area contributed by atoms with Gasteiger partial charge in [0.05, 0.1) is 0 Å². The van der Waals surface area contributed by atoms with Crippen molar-refractivity contribution in [1.29, 1.82) is 0 Å². The van der Waals surface area contributed by atoms with Crippen LogP contribution in [0, 0.1) is 11.8 Å². The summed E-state index contributed by atoms with van der Waals surface area (Å²) in [5.41, 5.74) is 10.5. The summed E-state index contributed by atoms with van der Waals surface area (Å²) in [6.07, 6.45) is 19.8. The fourth-order valence-corrected chi connectivity index (χ4v) is 20.5. The molecule has 0 bridgehead atoms. The molecular weight excluding hydrogens is 599 g/mol. The molecule has 2 saturated carbocycles. The number of rotatable bonds is 4. The van der Waals surface area contributed by atoms with E-state index in [1.807, 2.05) is 11.1 Å². The molecule has 1 heterocycles. The normalized spacial score (nSPS) is 23.7. The molecule has 2 unspecified atom stereocenters. The standard InChI is InChI=1S/2C19H19.C2H4.2ClH.Ti/c2*1-2-6-14(7-3-1)17-12-16-11-10-15-8-4-5-9-18(15)19(16)13-17;1-2;;;/h2*4-5,8-14H,1-3,6-7H2;1-2H2;2*1H;/q;;;;;+2/p-2. The summed E-state index contributed by atoms with van der Waals surface area (Å²) in [5.74, 6) is 1.62. The maximum absolute atomic E-state index is 2.77. The van der Waals surface area contributed by atoms with Crippen LogP contribution in [0.3, 0.4) is 0 Å². The minimum Gasteiger partial charge on any atom is -1.00 e. The zero-order valence-electron chi connectivity index (χ0n) is 25.1. The van der Waals surface area contributed by atoms with Crippen molar-refractivity contribution in [3.63, 3.8) is 0 Å². The van der Waals surface area contributed by atoms with Crippen LogP contribution in [0.1, 0.15) is 94.9 Å². The summed E-state index contributed by atoms with van der Waals surface area (Å²) >= 11 is -2.40. The molecule has 4 aliphatic carbocycles. The van der Waals surface area contributed by atoms with Gasteiger partial charge in [-0.05, 0) is 0 Å². The third-order valence-electron chi connectivity index (χ3n) is 12.0. The first-order chi connectivity index (χ1) is 20.3. The number of halogens is 2. The van der Waals surface area contributed by atoms with E-state index in [4.69, 9.17) is 0 Å². The van der Waals surface area contributed by atoms with E-state index >= 15 is 0 Å². The van der Waals surface area contributed by atoms with Crippen molar-refractivity contribution >= 4 is 33.7 Å². The smallest absolute Gasteiger partial charge is 1.00 e. The van der Waals surface area contributed by atoms with Gasteiger partial charge in [0.15, 0.2) is 0 Å². The van der Waals surface area contributed by atoms with Crippen LogP contribution in [0.4, 0.5) is 0 Å². The average molecular weight is 642 g/mol. The Hall–Kier alpha value is -1.83. The number of hydrogen-bond donors (Lipinski definition) is 0. The summed E-state index contributed by atoms with van der Waals surface area (Å²) in [4.78, 5) is 0. The molecule has 4 aromatic carbocycles. The van der Waals surface area contributed by atoms with E-state index in [0.29, 0.717) is 0 Å². The zero-order chi connectivity index (χ0) is 27.0. The van der Waals surface area contributed by atoms with Crippen LogP contribution in [-0.2, 0) is 16.6 Å². The number of fused-ring (bicyclic) bond motifs is 6. The quantitative estimate of drug-likeness (QED) is 0.250. The van der Waals surface area contributed by atoms with Crippen LogP contribution in [0.15, 0.2) is 83.9 Å². The maximum Gasteiger partial charge on any atom is -1.00 e. The molecular formula is C40H42Cl2Ti. The van der Waals surface area contributed by atoms with Gasteiger partial charge in [0.1, 0.15) is 0 Å². The Labute approximate surface area is 273 Å². The van der Waals surface area contributed by atoms with Gasteiger partial charge < -0.3 is 24.8 Å². The molecule has 2 atom stereocenters. The molecule has 0 radical (unpaired) electrons. The van der Waals surface area contributed by atoms with Gasteiger partial charge in [-0.3, -0.25) is 0 Å². The second-order valence-corrected chi connectivity index (χ2v) is 21.4. The summed E-state index contributed by atoms with van der Waals surface area (Å²) < 4.78 is 4.63. The van der Waals surface area contributed by atoms with Gasteiger partial charge in [0.2, 0.25) is 0 Å². The molecule has 3 fully saturated rings. The molecule has 0 aromatic heterocycles. The molecule has 3 heteroatoms. The first-order valence-corrected chi connectivity index (χ1v) is 20.8. The zero-order valence-corrected chi connectivity index (χ0v) is 28.2. The van der Waals surface area contributed by atoms with Crippen LogP contribution < -0.4 is 24.8 Å². The van der Waals surface area contributed by atoms with Crippen molar-refractivity contribution in [2.24, 2.45) is 11.8 Å². The van der Waals surface area contributed by atoms with Gasteiger partial charge in [-0.1, -0.05) is 0 Å². The molecule has 220 valence electrons. The van der Waals surface area contributed by atoms with E-state index in [1.165, 1.54) is 85.8 Å². The fraction of sp³-hybridized carbons (Fsp3) is 0.400. The average Bonchev–Trinajstić information content (AvgIpc) is 3.56. The second kappa shape index (κ2) is 11.8. The number of hydrogen-bond acceptors (Lipinski definition) is 0. The van der Waals surface area contributed by atoms with Gasteiger partial charge in [-0.2, -0.15) is 0 Å². The van der Waals surface area contributed by atoms with Crippen LogP contribution in [0.2, 0.25) is 9.45 Å². The monoisotopic (exact) mass is 640 g/mol. The van der Waals surface area contributed by atoms with Crippen molar-refractivity contribution in [2.45, 2.75) is 82.1 Å². The predicted molar refractivity (Wildman–Crippen MR) is 172 cm³/mol. The molecule has 43 heavy (non-hydrogen) atoms. The SMILES string of the molecule is C1=C(C2CCCCC2)[CH]([Ti+2]2([CH]3C(C4CCCCC4)=Cc4c3ccc3ccccc43)[CH2][CH2]2)c2ccc3ccccc3c21.[Cl-].[Cl-]. The van der Waals surface area contributed by atoms with Gasteiger partial charge in [0, 0.05) is 0 Å². The molecule has 4 aromatic rings. The number of benzene rings is 4. The number of allylic oxidation sites excluding steroid dienone is 2. The largest absolute Gasteiger partial charge is 1.00 e. The Morgan fingerprint density at radius 2 is 0.884 bits per heavy atom. The Bertz CT molecular complexity index is 1610. The van der Waals surface area contributed by atoms with E-state index < -0.39 is 16.6 Å². The minimum atomic E-state index is -2.40. The molecule has 0 spiro atoms. The molecule has 0 N–H and O–H groups in total.